The van der Waals surface area contributed by atoms with Crippen molar-refractivity contribution in [1.29, 1.82) is 0 Å². The summed E-state index contributed by atoms with van der Waals surface area (Å²) in [7, 11) is 0. The standard InChI is InChI=1S/C22H35IO2/c1-3-4-5-8-11-18(2)12-9-6-7-10-13-21(22(24)25)19-14-16-20(23)17-15-19/h14-18,21H,3-13H2,1-2H3,(H,24,25)/t18-,21+/m0/s1. The molecule has 0 amide bonds. The Morgan fingerprint density at radius 3 is 1.96 bits per heavy atom. The number of carboxylic acid groups (broad SMARTS) is 1. The number of rotatable bonds is 14. The molecule has 0 aliphatic rings. The Hall–Kier alpha value is -0.580. The molecule has 0 heterocycles. The van der Waals surface area contributed by atoms with E-state index in [1.165, 1.54) is 51.4 Å². The molecule has 0 spiro atoms. The third kappa shape index (κ3) is 10.2. The largest absolute Gasteiger partial charge is 0.481 e. The van der Waals surface area contributed by atoms with Gasteiger partial charge in [-0.3, -0.25) is 4.79 Å². The van der Waals surface area contributed by atoms with Crippen molar-refractivity contribution < 1.29 is 9.90 Å². The number of hydrogen-bond donors (Lipinski definition) is 1. The number of hydrogen-bond acceptors (Lipinski definition) is 1. The molecule has 2 atom stereocenters. The van der Waals surface area contributed by atoms with Gasteiger partial charge in [0.2, 0.25) is 0 Å². The van der Waals surface area contributed by atoms with E-state index >= 15 is 0 Å². The van der Waals surface area contributed by atoms with Crippen LogP contribution in [0.15, 0.2) is 24.3 Å². The molecule has 1 N–H and O–H groups in total. The number of carboxylic acids is 1. The number of unbranched alkanes of at least 4 members (excludes halogenated alkanes) is 6. The summed E-state index contributed by atoms with van der Waals surface area (Å²) >= 11 is 2.25. The second-order valence-corrected chi connectivity index (χ2v) is 8.63. The van der Waals surface area contributed by atoms with Gasteiger partial charge in [0.1, 0.15) is 0 Å². The van der Waals surface area contributed by atoms with Gasteiger partial charge in [0, 0.05) is 3.57 Å². The average molecular weight is 458 g/mol. The van der Waals surface area contributed by atoms with Crippen LogP contribution in [0.3, 0.4) is 0 Å². The maximum Gasteiger partial charge on any atom is 0.310 e. The van der Waals surface area contributed by atoms with Gasteiger partial charge < -0.3 is 5.11 Å². The molecular weight excluding hydrogens is 423 g/mol. The fraction of sp³-hybridized carbons (Fsp3) is 0.682. The minimum absolute atomic E-state index is 0.352. The highest BCUT2D eigenvalue weighted by atomic mass is 127. The summed E-state index contributed by atoms with van der Waals surface area (Å²) in [5.41, 5.74) is 0.939. The highest BCUT2D eigenvalue weighted by molar-refractivity contribution is 14.1. The van der Waals surface area contributed by atoms with Gasteiger partial charge in [-0.1, -0.05) is 90.2 Å². The first-order valence-electron chi connectivity index (χ1n) is 10.0. The number of carbonyl (C=O) groups is 1. The van der Waals surface area contributed by atoms with Gasteiger partial charge in [-0.2, -0.15) is 0 Å². The Balaban J connectivity index is 2.16. The van der Waals surface area contributed by atoms with Gasteiger partial charge in [-0.25, -0.2) is 0 Å². The molecule has 1 aromatic rings. The molecular formula is C22H35IO2. The molecule has 0 aliphatic heterocycles. The fourth-order valence-electron chi connectivity index (χ4n) is 3.39. The van der Waals surface area contributed by atoms with Crippen LogP contribution >= 0.6 is 22.6 Å². The molecule has 0 bridgehead atoms. The first kappa shape index (κ1) is 22.5. The number of halogens is 1. The lowest BCUT2D eigenvalue weighted by Crippen LogP contribution is -2.11. The average Bonchev–Trinajstić information content (AvgIpc) is 2.59. The van der Waals surface area contributed by atoms with Gasteiger partial charge in [-0.05, 0) is 52.6 Å². The van der Waals surface area contributed by atoms with Crippen molar-refractivity contribution in [2.45, 2.75) is 90.4 Å². The van der Waals surface area contributed by atoms with Crippen molar-refractivity contribution in [3.05, 3.63) is 33.4 Å². The van der Waals surface area contributed by atoms with E-state index in [1.54, 1.807) is 0 Å². The molecule has 0 unspecified atom stereocenters. The molecule has 1 rings (SSSR count). The second kappa shape index (κ2) is 13.6. The molecule has 1 aromatic carbocycles. The zero-order valence-electron chi connectivity index (χ0n) is 16.0. The summed E-state index contributed by atoms with van der Waals surface area (Å²) in [6, 6.07) is 7.91. The zero-order chi connectivity index (χ0) is 18.5. The maximum atomic E-state index is 11.5. The highest BCUT2D eigenvalue weighted by Crippen LogP contribution is 2.24. The van der Waals surface area contributed by atoms with Crippen LogP contribution in [0, 0.1) is 9.49 Å². The van der Waals surface area contributed by atoms with Crippen LogP contribution in [0.4, 0.5) is 0 Å². The molecule has 2 nitrogen and oxygen atoms in total. The molecule has 0 saturated carbocycles. The Labute approximate surface area is 167 Å². The van der Waals surface area contributed by atoms with Crippen molar-refractivity contribution >= 4 is 28.6 Å². The summed E-state index contributed by atoms with van der Waals surface area (Å²) in [6.45, 7) is 4.64. The molecule has 0 radical (unpaired) electrons. The quantitative estimate of drug-likeness (QED) is 0.233. The first-order valence-corrected chi connectivity index (χ1v) is 11.1. The lowest BCUT2D eigenvalue weighted by Gasteiger charge is -2.13. The lowest BCUT2D eigenvalue weighted by atomic mass is 9.92. The normalized spacial score (nSPS) is 13.6. The highest BCUT2D eigenvalue weighted by Gasteiger charge is 2.19. The molecule has 142 valence electrons. The molecule has 0 saturated heterocycles. The van der Waals surface area contributed by atoms with E-state index in [-0.39, 0.29) is 5.92 Å². The topological polar surface area (TPSA) is 37.3 Å². The maximum absolute atomic E-state index is 11.5. The van der Waals surface area contributed by atoms with Gasteiger partial charge in [0.15, 0.2) is 0 Å². The van der Waals surface area contributed by atoms with E-state index in [9.17, 15) is 9.90 Å². The van der Waals surface area contributed by atoms with E-state index in [0.29, 0.717) is 0 Å². The zero-order valence-corrected chi connectivity index (χ0v) is 18.1. The van der Waals surface area contributed by atoms with Crippen LogP contribution < -0.4 is 0 Å². The summed E-state index contributed by atoms with van der Waals surface area (Å²) in [5.74, 6) is -0.202. The van der Waals surface area contributed by atoms with E-state index in [4.69, 9.17) is 0 Å². The van der Waals surface area contributed by atoms with Gasteiger partial charge in [0.25, 0.3) is 0 Å². The van der Waals surface area contributed by atoms with Crippen molar-refractivity contribution in [3.63, 3.8) is 0 Å². The molecule has 25 heavy (non-hydrogen) atoms. The molecule has 3 heteroatoms. The minimum Gasteiger partial charge on any atom is -0.481 e. The van der Waals surface area contributed by atoms with Crippen LogP contribution in [-0.4, -0.2) is 11.1 Å². The lowest BCUT2D eigenvalue weighted by molar-refractivity contribution is -0.139. The van der Waals surface area contributed by atoms with Crippen LogP contribution in [0.25, 0.3) is 0 Å². The third-order valence-corrected chi connectivity index (χ3v) is 5.78. The Kier molecular flexibility index (Phi) is 12.2. The van der Waals surface area contributed by atoms with Crippen molar-refractivity contribution in [1.82, 2.24) is 0 Å². The van der Waals surface area contributed by atoms with Crippen LogP contribution in [-0.2, 0) is 4.79 Å². The van der Waals surface area contributed by atoms with E-state index in [1.807, 2.05) is 24.3 Å². The monoisotopic (exact) mass is 458 g/mol. The van der Waals surface area contributed by atoms with Crippen molar-refractivity contribution in [2.24, 2.45) is 5.92 Å². The van der Waals surface area contributed by atoms with Crippen LogP contribution in [0.5, 0.6) is 0 Å². The van der Waals surface area contributed by atoms with Gasteiger partial charge in [-0.15, -0.1) is 0 Å². The summed E-state index contributed by atoms with van der Waals surface area (Å²) in [6.07, 6.45) is 13.6. The van der Waals surface area contributed by atoms with Crippen LogP contribution in [0.2, 0.25) is 0 Å². The van der Waals surface area contributed by atoms with Crippen LogP contribution in [0.1, 0.15) is 96.0 Å². The van der Waals surface area contributed by atoms with Gasteiger partial charge >= 0.3 is 5.97 Å². The Bertz CT molecular complexity index is 469. The Morgan fingerprint density at radius 2 is 1.44 bits per heavy atom. The molecule has 0 aromatic heterocycles. The smallest absolute Gasteiger partial charge is 0.310 e. The number of benzene rings is 1. The second-order valence-electron chi connectivity index (χ2n) is 7.39. The fourth-order valence-corrected chi connectivity index (χ4v) is 3.75. The van der Waals surface area contributed by atoms with E-state index in [2.05, 4.69) is 36.4 Å². The SMILES string of the molecule is CCCCCC[C@H](C)CCCCCC[C@@H](C(=O)O)c1ccc(I)cc1. The third-order valence-electron chi connectivity index (χ3n) is 5.06. The molecule has 0 aliphatic carbocycles. The summed E-state index contributed by atoms with van der Waals surface area (Å²) in [4.78, 5) is 11.5. The summed E-state index contributed by atoms with van der Waals surface area (Å²) < 4.78 is 1.15. The van der Waals surface area contributed by atoms with E-state index in [0.717, 1.165) is 34.3 Å². The predicted octanol–water partition coefficient (Wildman–Crippen LogP) is 7.41. The Morgan fingerprint density at radius 1 is 0.920 bits per heavy atom. The predicted molar refractivity (Wildman–Crippen MR) is 115 cm³/mol. The minimum atomic E-state index is -0.693. The van der Waals surface area contributed by atoms with Crippen molar-refractivity contribution in [3.8, 4) is 0 Å². The van der Waals surface area contributed by atoms with Gasteiger partial charge in [0.05, 0.1) is 5.92 Å². The van der Waals surface area contributed by atoms with E-state index < -0.39 is 5.97 Å². The number of aliphatic carboxylic acids is 1. The first-order chi connectivity index (χ1) is 12.0. The summed E-state index contributed by atoms with van der Waals surface area (Å²) in [5, 5.41) is 9.49. The molecule has 0 fully saturated rings. The van der Waals surface area contributed by atoms with Crippen molar-refractivity contribution in [2.75, 3.05) is 0 Å².